The van der Waals surface area contributed by atoms with E-state index >= 15 is 0 Å². The van der Waals surface area contributed by atoms with E-state index in [9.17, 15) is 5.11 Å². The number of ether oxygens (including phenoxy) is 2. The molecule has 0 bridgehead atoms. The van der Waals surface area contributed by atoms with Gasteiger partial charge in [-0.25, -0.2) is 0 Å². The summed E-state index contributed by atoms with van der Waals surface area (Å²) in [6.07, 6.45) is -1.13. The Labute approximate surface area is 79.1 Å². The van der Waals surface area contributed by atoms with Gasteiger partial charge in [0.2, 0.25) is 0 Å². The molecule has 0 heterocycles. The van der Waals surface area contributed by atoms with Crippen molar-refractivity contribution in [1.29, 1.82) is 5.26 Å². The summed E-state index contributed by atoms with van der Waals surface area (Å²) >= 11 is 0. The minimum absolute atomic E-state index is 0.549. The maximum Gasteiger partial charge on any atom is 0.184 e. The summed E-state index contributed by atoms with van der Waals surface area (Å²) in [6.45, 7) is 3.53. The second-order valence-corrected chi connectivity index (χ2v) is 3.17. The molecule has 0 radical (unpaired) electrons. The molecule has 2 atom stereocenters. The zero-order valence-corrected chi connectivity index (χ0v) is 8.57. The molecule has 0 aliphatic carbocycles. The van der Waals surface area contributed by atoms with Gasteiger partial charge in [-0.2, -0.15) is 5.26 Å². The van der Waals surface area contributed by atoms with E-state index in [1.807, 2.05) is 6.92 Å². The van der Waals surface area contributed by atoms with Crippen molar-refractivity contribution < 1.29 is 14.6 Å². The van der Waals surface area contributed by atoms with Crippen LogP contribution in [0.4, 0.5) is 0 Å². The fraction of sp³-hybridized carbons (Fsp3) is 0.889. The molecule has 4 heteroatoms. The highest BCUT2D eigenvalue weighted by atomic mass is 16.7. The van der Waals surface area contributed by atoms with E-state index in [4.69, 9.17) is 14.7 Å². The molecule has 0 aromatic rings. The lowest BCUT2D eigenvalue weighted by atomic mass is 9.83. The van der Waals surface area contributed by atoms with Crippen molar-refractivity contribution in [2.24, 2.45) is 5.41 Å². The van der Waals surface area contributed by atoms with E-state index in [1.165, 1.54) is 14.2 Å². The van der Waals surface area contributed by atoms with Gasteiger partial charge < -0.3 is 14.6 Å². The number of hydrogen-bond acceptors (Lipinski definition) is 4. The van der Waals surface area contributed by atoms with E-state index in [0.29, 0.717) is 6.42 Å². The van der Waals surface area contributed by atoms with E-state index < -0.39 is 17.8 Å². The lowest BCUT2D eigenvalue weighted by Crippen LogP contribution is -2.42. The first-order chi connectivity index (χ1) is 6.05. The van der Waals surface area contributed by atoms with Crippen molar-refractivity contribution in [2.45, 2.75) is 32.7 Å². The lowest BCUT2D eigenvalue weighted by molar-refractivity contribution is -0.187. The van der Waals surface area contributed by atoms with Crippen LogP contribution in [0.15, 0.2) is 0 Å². The molecule has 76 valence electrons. The first-order valence-electron chi connectivity index (χ1n) is 4.20. The number of nitriles is 1. The fourth-order valence-electron chi connectivity index (χ4n) is 1.01. The van der Waals surface area contributed by atoms with Crippen LogP contribution < -0.4 is 0 Å². The van der Waals surface area contributed by atoms with Crippen LogP contribution in [0, 0.1) is 16.7 Å². The van der Waals surface area contributed by atoms with Gasteiger partial charge in [0, 0.05) is 14.2 Å². The average Bonchev–Trinajstić information content (AvgIpc) is 2.18. The standard InChI is InChI=1S/C9H17NO3/c1-5-9(2,6-10)7(11)8(12-3)13-4/h7-8,11H,5H2,1-4H3. The monoisotopic (exact) mass is 187 g/mol. The quantitative estimate of drug-likeness (QED) is 0.650. The van der Waals surface area contributed by atoms with Gasteiger partial charge in [0.25, 0.3) is 0 Å². The van der Waals surface area contributed by atoms with Crippen LogP contribution in [-0.4, -0.2) is 31.7 Å². The molecule has 0 spiro atoms. The Hall–Kier alpha value is -0.630. The third-order valence-corrected chi connectivity index (χ3v) is 2.37. The molecule has 2 unspecified atom stereocenters. The summed E-state index contributed by atoms with van der Waals surface area (Å²) in [4.78, 5) is 0. The Morgan fingerprint density at radius 3 is 2.15 bits per heavy atom. The molecule has 0 aromatic carbocycles. The largest absolute Gasteiger partial charge is 0.386 e. The highest BCUT2D eigenvalue weighted by Crippen LogP contribution is 2.27. The summed E-state index contributed by atoms with van der Waals surface area (Å²) < 4.78 is 9.78. The highest BCUT2D eigenvalue weighted by molar-refractivity contribution is 5.00. The van der Waals surface area contributed by atoms with Gasteiger partial charge in [-0.15, -0.1) is 0 Å². The van der Waals surface area contributed by atoms with E-state index in [0.717, 1.165) is 0 Å². The Morgan fingerprint density at radius 2 is 1.92 bits per heavy atom. The Morgan fingerprint density at radius 1 is 1.46 bits per heavy atom. The predicted molar refractivity (Wildman–Crippen MR) is 47.8 cm³/mol. The van der Waals surface area contributed by atoms with Crippen LogP contribution in [0.1, 0.15) is 20.3 Å². The SMILES string of the molecule is CCC(C)(C#N)C(O)C(OC)OC. The number of hydrogen-bond donors (Lipinski definition) is 1. The molecule has 0 saturated carbocycles. The molecule has 1 N–H and O–H groups in total. The summed E-state index contributed by atoms with van der Waals surface area (Å²) in [5.74, 6) is 0. The third kappa shape index (κ3) is 2.66. The van der Waals surface area contributed by atoms with Gasteiger partial charge >= 0.3 is 0 Å². The average molecular weight is 187 g/mol. The molecule has 0 aromatic heterocycles. The molecule has 0 aliphatic rings. The van der Waals surface area contributed by atoms with E-state index in [-0.39, 0.29) is 0 Å². The van der Waals surface area contributed by atoms with Crippen LogP contribution in [0.25, 0.3) is 0 Å². The second kappa shape index (κ2) is 5.18. The lowest BCUT2D eigenvalue weighted by Gasteiger charge is -2.30. The number of nitrogens with zero attached hydrogens (tertiary/aromatic N) is 1. The van der Waals surface area contributed by atoms with Gasteiger partial charge in [0.05, 0.1) is 11.5 Å². The van der Waals surface area contributed by atoms with Gasteiger partial charge in [-0.3, -0.25) is 0 Å². The maximum absolute atomic E-state index is 9.76. The summed E-state index contributed by atoms with van der Waals surface area (Å²) in [5.41, 5.74) is -0.823. The van der Waals surface area contributed by atoms with Gasteiger partial charge in [-0.05, 0) is 13.3 Å². The number of methoxy groups -OCH3 is 2. The molecule has 0 aliphatic heterocycles. The first-order valence-corrected chi connectivity index (χ1v) is 4.20. The Bertz CT molecular complexity index is 186. The second-order valence-electron chi connectivity index (χ2n) is 3.17. The van der Waals surface area contributed by atoms with E-state index in [1.54, 1.807) is 6.92 Å². The van der Waals surface area contributed by atoms with Gasteiger partial charge in [0.15, 0.2) is 6.29 Å². The van der Waals surface area contributed by atoms with Crippen LogP contribution in [0.2, 0.25) is 0 Å². The number of aliphatic hydroxyl groups excluding tert-OH is 1. The minimum Gasteiger partial charge on any atom is -0.386 e. The Balaban J connectivity index is 4.54. The molecule has 0 amide bonds. The van der Waals surface area contributed by atoms with E-state index in [2.05, 4.69) is 6.07 Å². The summed E-state index contributed by atoms with van der Waals surface area (Å²) in [5, 5.41) is 18.6. The molecule has 4 nitrogen and oxygen atoms in total. The summed E-state index contributed by atoms with van der Waals surface area (Å²) in [7, 11) is 2.87. The summed E-state index contributed by atoms with van der Waals surface area (Å²) in [6, 6.07) is 2.07. The maximum atomic E-state index is 9.76. The predicted octanol–water partition coefficient (Wildman–Crippen LogP) is 0.906. The van der Waals surface area contributed by atoms with Crippen molar-refractivity contribution in [3.8, 4) is 6.07 Å². The minimum atomic E-state index is -0.933. The number of rotatable bonds is 5. The number of aliphatic hydroxyl groups is 1. The zero-order valence-electron chi connectivity index (χ0n) is 8.57. The topological polar surface area (TPSA) is 62.5 Å². The molecule has 0 rings (SSSR count). The van der Waals surface area contributed by atoms with Gasteiger partial charge in [-0.1, -0.05) is 6.92 Å². The molecule has 13 heavy (non-hydrogen) atoms. The molecular formula is C9H17NO3. The third-order valence-electron chi connectivity index (χ3n) is 2.37. The smallest absolute Gasteiger partial charge is 0.184 e. The van der Waals surface area contributed by atoms with Crippen molar-refractivity contribution in [2.75, 3.05) is 14.2 Å². The Kier molecular flexibility index (Phi) is 4.92. The molecule has 0 saturated heterocycles. The molecular weight excluding hydrogens is 170 g/mol. The van der Waals surface area contributed by atoms with Crippen LogP contribution in [-0.2, 0) is 9.47 Å². The van der Waals surface area contributed by atoms with Crippen molar-refractivity contribution in [3.63, 3.8) is 0 Å². The van der Waals surface area contributed by atoms with Crippen molar-refractivity contribution >= 4 is 0 Å². The van der Waals surface area contributed by atoms with Crippen molar-refractivity contribution in [3.05, 3.63) is 0 Å². The zero-order chi connectivity index (χ0) is 10.5. The van der Waals surface area contributed by atoms with Crippen LogP contribution in [0.5, 0.6) is 0 Å². The normalized spacial score (nSPS) is 17.9. The first kappa shape index (κ1) is 12.4. The van der Waals surface area contributed by atoms with Crippen LogP contribution in [0.3, 0.4) is 0 Å². The van der Waals surface area contributed by atoms with Crippen LogP contribution >= 0.6 is 0 Å². The molecule has 0 fully saturated rings. The highest BCUT2D eigenvalue weighted by Gasteiger charge is 2.37. The van der Waals surface area contributed by atoms with Crippen molar-refractivity contribution in [1.82, 2.24) is 0 Å². The van der Waals surface area contributed by atoms with Gasteiger partial charge in [0.1, 0.15) is 6.10 Å². The fourth-order valence-corrected chi connectivity index (χ4v) is 1.01.